The summed E-state index contributed by atoms with van der Waals surface area (Å²) < 4.78 is 5.20. The van der Waals surface area contributed by atoms with Crippen molar-refractivity contribution in [3.63, 3.8) is 0 Å². The summed E-state index contributed by atoms with van der Waals surface area (Å²) in [4.78, 5) is 16.6. The molecule has 0 unspecified atom stereocenters. The molecule has 7 heteroatoms. The molecule has 2 N–H and O–H groups in total. The summed E-state index contributed by atoms with van der Waals surface area (Å²) in [6.45, 7) is 0. The minimum absolute atomic E-state index is 0.294. The Morgan fingerprint density at radius 2 is 1.73 bits per heavy atom. The van der Waals surface area contributed by atoms with Gasteiger partial charge < -0.3 is 15.4 Å². The maximum absolute atomic E-state index is 12.4. The van der Waals surface area contributed by atoms with Crippen LogP contribution in [0.3, 0.4) is 0 Å². The number of hydrogen-bond acceptors (Lipinski definition) is 4. The molecule has 0 saturated carbocycles. The average Bonchev–Trinajstić information content (AvgIpc) is 2.62. The molecule has 5 nitrogen and oxygen atoms in total. The third kappa shape index (κ3) is 4.45. The first-order chi connectivity index (χ1) is 12.5. The molecule has 1 aromatic heterocycles. The molecule has 26 heavy (non-hydrogen) atoms. The minimum atomic E-state index is -0.294. The zero-order chi connectivity index (χ0) is 18.5. The zero-order valence-corrected chi connectivity index (χ0v) is 15.3. The van der Waals surface area contributed by atoms with E-state index in [1.165, 1.54) is 7.11 Å². The van der Waals surface area contributed by atoms with Crippen LogP contribution in [0.4, 0.5) is 17.2 Å². The van der Waals surface area contributed by atoms with E-state index >= 15 is 0 Å². The lowest BCUT2D eigenvalue weighted by atomic mass is 10.2. The standard InChI is InChI=1S/C19H15Cl2N3O2/c1-26-17-5-3-2-4-16(17)19(25)24-18-7-6-14(11-22-18)23-15-9-12(20)8-13(21)10-15/h2-11,23H,1H3,(H,22,24,25). The van der Waals surface area contributed by atoms with Crippen LogP contribution in [0.15, 0.2) is 60.8 Å². The molecular weight excluding hydrogens is 373 g/mol. The number of benzene rings is 2. The summed E-state index contributed by atoms with van der Waals surface area (Å²) in [5, 5.41) is 6.97. The lowest BCUT2D eigenvalue weighted by molar-refractivity contribution is 0.102. The molecule has 2 aromatic carbocycles. The molecule has 0 spiro atoms. The molecule has 0 fully saturated rings. The highest BCUT2D eigenvalue weighted by atomic mass is 35.5. The first-order valence-corrected chi connectivity index (χ1v) is 8.44. The van der Waals surface area contributed by atoms with Crippen LogP contribution in [-0.4, -0.2) is 18.0 Å². The van der Waals surface area contributed by atoms with Crippen molar-refractivity contribution in [2.24, 2.45) is 0 Å². The predicted molar refractivity (Wildman–Crippen MR) is 105 cm³/mol. The van der Waals surface area contributed by atoms with E-state index in [1.54, 1.807) is 60.8 Å². The van der Waals surface area contributed by atoms with E-state index in [-0.39, 0.29) is 5.91 Å². The summed E-state index contributed by atoms with van der Waals surface area (Å²) in [5.74, 6) is 0.633. The van der Waals surface area contributed by atoms with Gasteiger partial charge in [-0.25, -0.2) is 4.98 Å². The molecule has 1 heterocycles. The Morgan fingerprint density at radius 3 is 2.38 bits per heavy atom. The van der Waals surface area contributed by atoms with Crippen molar-refractivity contribution in [3.05, 3.63) is 76.4 Å². The fourth-order valence-corrected chi connectivity index (χ4v) is 2.88. The normalized spacial score (nSPS) is 10.3. The van der Waals surface area contributed by atoms with E-state index in [9.17, 15) is 4.79 Å². The number of ether oxygens (including phenoxy) is 1. The molecule has 1 amide bonds. The highest BCUT2D eigenvalue weighted by molar-refractivity contribution is 6.35. The fraction of sp³-hybridized carbons (Fsp3) is 0.0526. The number of carbonyl (C=O) groups excluding carboxylic acids is 1. The first kappa shape index (κ1) is 18.0. The Hall–Kier alpha value is -2.76. The number of aromatic nitrogens is 1. The van der Waals surface area contributed by atoms with Gasteiger partial charge in [0.2, 0.25) is 0 Å². The molecule has 0 atom stereocenters. The Morgan fingerprint density at radius 1 is 1.00 bits per heavy atom. The zero-order valence-electron chi connectivity index (χ0n) is 13.8. The second-order valence-electron chi connectivity index (χ2n) is 5.37. The van der Waals surface area contributed by atoms with Crippen LogP contribution in [0.2, 0.25) is 10.0 Å². The van der Waals surface area contributed by atoms with Crippen molar-refractivity contribution < 1.29 is 9.53 Å². The molecule has 0 aliphatic carbocycles. The van der Waals surface area contributed by atoms with E-state index in [0.717, 1.165) is 11.4 Å². The highest BCUT2D eigenvalue weighted by Gasteiger charge is 2.12. The van der Waals surface area contributed by atoms with E-state index in [1.807, 2.05) is 0 Å². The van der Waals surface area contributed by atoms with Crippen molar-refractivity contribution in [1.29, 1.82) is 0 Å². The third-order valence-electron chi connectivity index (χ3n) is 3.51. The summed E-state index contributed by atoms with van der Waals surface area (Å²) in [6, 6.07) is 15.6. The maximum Gasteiger partial charge on any atom is 0.260 e. The van der Waals surface area contributed by atoms with Gasteiger partial charge in [-0.15, -0.1) is 0 Å². The number of hydrogen-bond donors (Lipinski definition) is 2. The summed E-state index contributed by atoms with van der Waals surface area (Å²) in [5.41, 5.74) is 1.92. The van der Waals surface area contributed by atoms with Crippen molar-refractivity contribution in [2.45, 2.75) is 0 Å². The second kappa shape index (κ2) is 8.08. The Labute approximate surface area is 160 Å². The van der Waals surface area contributed by atoms with Crippen LogP contribution in [0.25, 0.3) is 0 Å². The van der Waals surface area contributed by atoms with Crippen molar-refractivity contribution in [2.75, 3.05) is 17.7 Å². The van der Waals surface area contributed by atoms with Crippen LogP contribution in [0, 0.1) is 0 Å². The molecule has 3 rings (SSSR count). The molecule has 0 aliphatic heterocycles. The van der Waals surface area contributed by atoms with Gasteiger partial charge in [-0.2, -0.15) is 0 Å². The number of carbonyl (C=O) groups is 1. The van der Waals surface area contributed by atoms with Crippen LogP contribution >= 0.6 is 23.2 Å². The number of methoxy groups -OCH3 is 1. The smallest absolute Gasteiger partial charge is 0.260 e. The van der Waals surface area contributed by atoms with Gasteiger partial charge in [0, 0.05) is 15.7 Å². The van der Waals surface area contributed by atoms with Gasteiger partial charge in [-0.1, -0.05) is 35.3 Å². The number of anilines is 3. The number of nitrogens with zero attached hydrogens (tertiary/aromatic N) is 1. The van der Waals surface area contributed by atoms with E-state index in [0.29, 0.717) is 27.2 Å². The number of para-hydroxylation sites is 1. The molecule has 0 aliphatic rings. The largest absolute Gasteiger partial charge is 0.496 e. The van der Waals surface area contributed by atoms with Gasteiger partial charge in [0.05, 0.1) is 24.6 Å². The summed E-state index contributed by atoms with van der Waals surface area (Å²) in [7, 11) is 1.52. The van der Waals surface area contributed by atoms with Crippen molar-refractivity contribution in [3.8, 4) is 5.75 Å². The number of pyridine rings is 1. The molecule has 132 valence electrons. The highest BCUT2D eigenvalue weighted by Crippen LogP contribution is 2.25. The minimum Gasteiger partial charge on any atom is -0.496 e. The van der Waals surface area contributed by atoms with Crippen LogP contribution in [0.5, 0.6) is 5.75 Å². The second-order valence-corrected chi connectivity index (χ2v) is 6.24. The van der Waals surface area contributed by atoms with E-state index in [4.69, 9.17) is 27.9 Å². The fourth-order valence-electron chi connectivity index (χ4n) is 2.35. The van der Waals surface area contributed by atoms with Gasteiger partial charge >= 0.3 is 0 Å². The average molecular weight is 388 g/mol. The SMILES string of the molecule is COc1ccccc1C(=O)Nc1ccc(Nc2cc(Cl)cc(Cl)c2)cn1. The lowest BCUT2D eigenvalue weighted by Gasteiger charge is -2.10. The van der Waals surface area contributed by atoms with Crippen LogP contribution < -0.4 is 15.4 Å². The third-order valence-corrected chi connectivity index (χ3v) is 3.94. The Balaban J connectivity index is 1.70. The monoisotopic (exact) mass is 387 g/mol. The van der Waals surface area contributed by atoms with Crippen LogP contribution in [-0.2, 0) is 0 Å². The van der Waals surface area contributed by atoms with Gasteiger partial charge in [0.1, 0.15) is 11.6 Å². The number of halogens is 2. The first-order valence-electron chi connectivity index (χ1n) is 7.69. The number of rotatable bonds is 5. The lowest BCUT2D eigenvalue weighted by Crippen LogP contribution is -2.14. The number of nitrogens with one attached hydrogen (secondary N) is 2. The molecular formula is C19H15Cl2N3O2. The molecule has 0 saturated heterocycles. The van der Waals surface area contributed by atoms with Gasteiger partial charge in [-0.3, -0.25) is 4.79 Å². The van der Waals surface area contributed by atoms with E-state index in [2.05, 4.69) is 15.6 Å². The molecule has 0 bridgehead atoms. The van der Waals surface area contributed by atoms with Crippen LogP contribution in [0.1, 0.15) is 10.4 Å². The molecule has 3 aromatic rings. The number of amides is 1. The molecule has 0 radical (unpaired) electrons. The quantitative estimate of drug-likeness (QED) is 0.615. The Kier molecular flexibility index (Phi) is 5.61. The maximum atomic E-state index is 12.4. The Bertz CT molecular complexity index is 910. The summed E-state index contributed by atoms with van der Waals surface area (Å²) in [6.07, 6.45) is 1.60. The van der Waals surface area contributed by atoms with Gasteiger partial charge in [0.15, 0.2) is 0 Å². The van der Waals surface area contributed by atoms with Gasteiger partial charge in [0.25, 0.3) is 5.91 Å². The topological polar surface area (TPSA) is 63.2 Å². The van der Waals surface area contributed by atoms with Crippen molar-refractivity contribution in [1.82, 2.24) is 4.98 Å². The summed E-state index contributed by atoms with van der Waals surface area (Å²) >= 11 is 12.0. The van der Waals surface area contributed by atoms with Crippen molar-refractivity contribution >= 4 is 46.3 Å². The van der Waals surface area contributed by atoms with E-state index < -0.39 is 0 Å². The van der Waals surface area contributed by atoms with Gasteiger partial charge in [-0.05, 0) is 42.5 Å². The predicted octanol–water partition coefficient (Wildman–Crippen LogP) is 5.39.